The van der Waals surface area contributed by atoms with Gasteiger partial charge in [-0.05, 0) is 79.8 Å². The van der Waals surface area contributed by atoms with E-state index in [4.69, 9.17) is 9.47 Å². The molecular formula is C36H43F3O4. The summed E-state index contributed by atoms with van der Waals surface area (Å²) in [5.41, 5.74) is 4.14. The van der Waals surface area contributed by atoms with E-state index >= 15 is 0 Å². The number of carbonyl (C=O) groups excluding carboxylic acids is 2. The molecule has 3 rings (SSSR count). The number of carbonyl (C=O) groups is 2. The maximum atomic E-state index is 12.8. The van der Waals surface area contributed by atoms with Crippen molar-refractivity contribution in [3.05, 3.63) is 95.6 Å². The lowest BCUT2D eigenvalue weighted by molar-refractivity contribution is -0.135. The second-order valence-electron chi connectivity index (χ2n) is 10.9. The van der Waals surface area contributed by atoms with Gasteiger partial charge in [0.25, 0.3) is 0 Å². The van der Waals surface area contributed by atoms with Crippen LogP contribution in [0, 0.1) is 0 Å². The average molecular weight is 597 g/mol. The summed E-state index contributed by atoms with van der Waals surface area (Å²) in [6.45, 7) is 2.33. The third-order valence-electron chi connectivity index (χ3n) is 7.41. The van der Waals surface area contributed by atoms with Gasteiger partial charge in [-0.1, -0.05) is 93.3 Å². The minimum absolute atomic E-state index is 0.140. The molecule has 4 nitrogen and oxygen atoms in total. The van der Waals surface area contributed by atoms with Crippen molar-refractivity contribution in [3.8, 4) is 11.1 Å². The number of rotatable bonds is 18. The average Bonchev–Trinajstić information content (AvgIpc) is 3.00. The van der Waals surface area contributed by atoms with Crippen molar-refractivity contribution in [3.63, 3.8) is 0 Å². The van der Waals surface area contributed by atoms with E-state index in [0.29, 0.717) is 36.8 Å². The van der Waals surface area contributed by atoms with E-state index in [2.05, 4.69) is 6.92 Å². The fraction of sp³-hybridized carbons (Fsp3) is 0.444. The molecule has 7 heteroatoms. The van der Waals surface area contributed by atoms with Crippen LogP contribution >= 0.6 is 0 Å². The van der Waals surface area contributed by atoms with Gasteiger partial charge in [-0.25, -0.2) is 9.59 Å². The van der Waals surface area contributed by atoms with E-state index in [0.717, 1.165) is 55.2 Å². The number of halogens is 3. The Labute approximate surface area is 253 Å². The van der Waals surface area contributed by atoms with Gasteiger partial charge in [0, 0.05) is 6.42 Å². The summed E-state index contributed by atoms with van der Waals surface area (Å²) in [5, 5.41) is 0. The number of esters is 2. The number of hydrogen-bond donors (Lipinski definition) is 0. The molecule has 0 heterocycles. The van der Waals surface area contributed by atoms with Crippen LogP contribution in [-0.4, -0.2) is 30.8 Å². The fourth-order valence-electron chi connectivity index (χ4n) is 5.06. The molecular weight excluding hydrogens is 553 g/mol. The van der Waals surface area contributed by atoms with Crippen LogP contribution in [0.4, 0.5) is 13.2 Å². The molecule has 0 bridgehead atoms. The van der Waals surface area contributed by atoms with Crippen molar-refractivity contribution < 1.29 is 32.2 Å². The second-order valence-corrected chi connectivity index (χ2v) is 10.9. The predicted octanol–water partition coefficient (Wildman–Crippen LogP) is 10.2. The fourth-order valence-corrected chi connectivity index (χ4v) is 5.06. The minimum atomic E-state index is -4.09. The largest absolute Gasteiger partial charge is 0.462 e. The molecule has 0 aliphatic heterocycles. The monoisotopic (exact) mass is 596 g/mol. The number of hydrogen-bond acceptors (Lipinski definition) is 4. The van der Waals surface area contributed by atoms with E-state index in [-0.39, 0.29) is 31.1 Å². The summed E-state index contributed by atoms with van der Waals surface area (Å²) in [6.07, 6.45) is 2.56. The van der Waals surface area contributed by atoms with Crippen LogP contribution in [0.2, 0.25) is 0 Å². The van der Waals surface area contributed by atoms with Gasteiger partial charge in [-0.3, -0.25) is 0 Å². The molecule has 0 aliphatic rings. The Kier molecular flexibility index (Phi) is 14.3. The summed E-state index contributed by atoms with van der Waals surface area (Å²) in [6, 6.07) is 24.9. The summed E-state index contributed by atoms with van der Waals surface area (Å²) >= 11 is 0. The van der Waals surface area contributed by atoms with Gasteiger partial charge in [0.1, 0.15) is 6.10 Å². The number of aryl methyl sites for hydroxylation is 1. The highest BCUT2D eigenvalue weighted by Gasteiger charge is 2.25. The van der Waals surface area contributed by atoms with Crippen molar-refractivity contribution in [2.75, 3.05) is 6.61 Å². The van der Waals surface area contributed by atoms with Crippen LogP contribution in [0.15, 0.2) is 78.9 Å². The molecule has 0 aliphatic carbocycles. The quantitative estimate of drug-likeness (QED) is 0.108. The molecule has 3 aromatic rings. The van der Waals surface area contributed by atoms with E-state index < -0.39 is 12.6 Å². The van der Waals surface area contributed by atoms with Gasteiger partial charge in [-0.2, -0.15) is 13.2 Å². The molecule has 1 unspecified atom stereocenters. The third kappa shape index (κ3) is 12.7. The maximum Gasteiger partial charge on any atom is 0.389 e. The molecule has 0 radical (unpaired) electrons. The van der Waals surface area contributed by atoms with Crippen LogP contribution in [0.5, 0.6) is 0 Å². The lowest BCUT2D eigenvalue weighted by atomic mass is 9.99. The zero-order valence-electron chi connectivity index (χ0n) is 25.0. The van der Waals surface area contributed by atoms with Gasteiger partial charge in [0.2, 0.25) is 0 Å². The SMILES string of the molecule is CCCC(CCCCc1ccccc1C(=O)OCCCCCCCC(F)(F)F)OC(=O)c1ccc(-c2ccccc2)cc1. The topological polar surface area (TPSA) is 52.6 Å². The molecule has 0 N–H and O–H groups in total. The molecule has 232 valence electrons. The molecule has 0 saturated heterocycles. The summed E-state index contributed by atoms with van der Waals surface area (Å²) in [7, 11) is 0. The molecule has 0 fully saturated rings. The van der Waals surface area contributed by atoms with Crippen LogP contribution in [0.1, 0.15) is 104 Å². The van der Waals surface area contributed by atoms with Gasteiger partial charge in [-0.15, -0.1) is 0 Å². The van der Waals surface area contributed by atoms with E-state index in [1.54, 1.807) is 6.07 Å². The first-order valence-corrected chi connectivity index (χ1v) is 15.4. The highest BCUT2D eigenvalue weighted by atomic mass is 19.4. The van der Waals surface area contributed by atoms with Crippen molar-refractivity contribution >= 4 is 11.9 Å². The molecule has 0 saturated carbocycles. The lowest BCUT2D eigenvalue weighted by Gasteiger charge is -2.18. The zero-order valence-corrected chi connectivity index (χ0v) is 25.0. The Balaban J connectivity index is 1.39. The Morgan fingerprint density at radius 2 is 1.35 bits per heavy atom. The van der Waals surface area contributed by atoms with Crippen molar-refractivity contribution in [1.82, 2.24) is 0 Å². The Morgan fingerprint density at radius 3 is 2.07 bits per heavy atom. The number of unbranched alkanes of at least 4 members (excludes halogenated alkanes) is 5. The molecule has 0 spiro atoms. The lowest BCUT2D eigenvalue weighted by Crippen LogP contribution is -2.18. The zero-order chi connectivity index (χ0) is 30.9. The van der Waals surface area contributed by atoms with E-state index in [9.17, 15) is 22.8 Å². The molecule has 43 heavy (non-hydrogen) atoms. The smallest absolute Gasteiger partial charge is 0.389 e. The van der Waals surface area contributed by atoms with E-state index in [1.165, 1.54) is 0 Å². The molecule has 0 aromatic heterocycles. The summed E-state index contributed by atoms with van der Waals surface area (Å²) in [4.78, 5) is 25.5. The molecule has 3 aromatic carbocycles. The van der Waals surface area contributed by atoms with Gasteiger partial charge in [0.15, 0.2) is 0 Å². The van der Waals surface area contributed by atoms with Crippen molar-refractivity contribution in [2.45, 2.75) is 96.3 Å². The van der Waals surface area contributed by atoms with Crippen LogP contribution < -0.4 is 0 Å². The van der Waals surface area contributed by atoms with Gasteiger partial charge >= 0.3 is 18.1 Å². The molecule has 1 atom stereocenters. The summed E-state index contributed by atoms with van der Waals surface area (Å²) < 4.78 is 48.0. The van der Waals surface area contributed by atoms with Gasteiger partial charge < -0.3 is 9.47 Å². The summed E-state index contributed by atoms with van der Waals surface area (Å²) in [5.74, 6) is -0.684. The standard InChI is InChI=1S/C36H43F3O4/c1-2-15-32(43-34(40)31-24-22-29(23-25-31)28-16-7-6-8-17-28)20-11-9-18-30-19-10-12-21-33(30)35(41)42-27-14-5-3-4-13-26-36(37,38)39/h6-8,10,12,16-17,19,21-25,32H,2-5,9,11,13-15,18,20,26-27H2,1H3. The Morgan fingerprint density at radius 1 is 0.698 bits per heavy atom. The highest BCUT2D eigenvalue weighted by Crippen LogP contribution is 2.24. The maximum absolute atomic E-state index is 12.8. The third-order valence-corrected chi connectivity index (χ3v) is 7.41. The predicted molar refractivity (Wildman–Crippen MR) is 164 cm³/mol. The molecule has 0 amide bonds. The van der Waals surface area contributed by atoms with Crippen molar-refractivity contribution in [1.29, 1.82) is 0 Å². The Bertz CT molecular complexity index is 1240. The van der Waals surface area contributed by atoms with Crippen LogP contribution in [0.25, 0.3) is 11.1 Å². The highest BCUT2D eigenvalue weighted by molar-refractivity contribution is 5.91. The Hall–Kier alpha value is -3.61. The van der Waals surface area contributed by atoms with Crippen molar-refractivity contribution in [2.24, 2.45) is 0 Å². The number of alkyl halides is 3. The number of ether oxygens (including phenoxy) is 2. The van der Waals surface area contributed by atoms with E-state index in [1.807, 2.05) is 72.8 Å². The van der Waals surface area contributed by atoms with Crippen LogP contribution in [-0.2, 0) is 15.9 Å². The first-order valence-electron chi connectivity index (χ1n) is 15.4. The normalized spacial score (nSPS) is 12.1. The minimum Gasteiger partial charge on any atom is -0.462 e. The second kappa shape index (κ2) is 18.1. The van der Waals surface area contributed by atoms with Crippen LogP contribution in [0.3, 0.4) is 0 Å². The van der Waals surface area contributed by atoms with Gasteiger partial charge in [0.05, 0.1) is 17.7 Å². The first-order chi connectivity index (χ1) is 20.8. The first kappa shape index (κ1) is 33.9. The number of benzene rings is 3.